The third-order valence-electron chi connectivity index (χ3n) is 4.24. The first-order chi connectivity index (χ1) is 14.7. The van der Waals surface area contributed by atoms with E-state index in [2.05, 4.69) is 17.2 Å². The minimum atomic E-state index is -0.621. The Hall–Kier alpha value is -3.54. The van der Waals surface area contributed by atoms with E-state index in [0.717, 1.165) is 17.7 Å². The summed E-state index contributed by atoms with van der Waals surface area (Å²) in [4.78, 5) is 16.7. The van der Waals surface area contributed by atoms with Gasteiger partial charge in [0, 0.05) is 18.3 Å². The molecule has 1 amide bonds. The lowest BCUT2D eigenvalue weighted by atomic mass is 10.2. The zero-order chi connectivity index (χ0) is 21.2. The summed E-state index contributed by atoms with van der Waals surface area (Å²) in [6.45, 7) is 4.73. The molecule has 30 heavy (non-hydrogen) atoms. The molecule has 1 N–H and O–H groups in total. The Morgan fingerprint density at radius 2 is 1.70 bits per heavy atom. The predicted octanol–water partition coefficient (Wildman–Crippen LogP) is 4.75. The van der Waals surface area contributed by atoms with Crippen LogP contribution in [0.3, 0.4) is 0 Å². The molecule has 1 unspecified atom stereocenters. The van der Waals surface area contributed by atoms with Crippen molar-refractivity contribution in [1.82, 2.24) is 10.3 Å². The average molecular weight is 406 g/mol. The first-order valence-corrected chi connectivity index (χ1v) is 9.99. The molecule has 0 fully saturated rings. The maximum Gasteiger partial charge on any atom is 0.261 e. The third kappa shape index (κ3) is 6.24. The molecule has 0 aliphatic heterocycles. The van der Waals surface area contributed by atoms with E-state index in [4.69, 9.17) is 14.2 Å². The molecule has 6 nitrogen and oxygen atoms in total. The van der Waals surface area contributed by atoms with Crippen LogP contribution in [0.15, 0.2) is 72.9 Å². The van der Waals surface area contributed by atoms with E-state index < -0.39 is 6.10 Å². The van der Waals surface area contributed by atoms with Crippen molar-refractivity contribution >= 4 is 5.91 Å². The number of rotatable bonds is 10. The number of nitrogens with zero attached hydrogens (tertiary/aromatic N) is 1. The highest BCUT2D eigenvalue weighted by atomic mass is 16.5. The van der Waals surface area contributed by atoms with Gasteiger partial charge in [0.05, 0.1) is 6.61 Å². The van der Waals surface area contributed by atoms with Crippen molar-refractivity contribution in [2.75, 3.05) is 6.61 Å². The highest BCUT2D eigenvalue weighted by Crippen LogP contribution is 2.25. The molecule has 3 aromatic rings. The van der Waals surface area contributed by atoms with Gasteiger partial charge in [0.25, 0.3) is 5.91 Å². The lowest BCUT2D eigenvalue weighted by molar-refractivity contribution is -0.127. The standard InChI is InChI=1S/C24H26N2O4/c1-3-16-28-20-11-13-22(14-12-20)30-24-19(8-7-15-25-24)17-26-23(27)18(2)29-21-9-5-4-6-10-21/h4-15,18H,3,16-17H2,1-2H3,(H,26,27). The molecule has 1 heterocycles. The van der Waals surface area contributed by atoms with Crippen LogP contribution in [-0.4, -0.2) is 23.6 Å². The number of amides is 1. The van der Waals surface area contributed by atoms with Gasteiger partial charge in [0.1, 0.15) is 17.2 Å². The average Bonchev–Trinajstić information content (AvgIpc) is 2.78. The lowest BCUT2D eigenvalue weighted by Gasteiger charge is -2.15. The Bertz CT molecular complexity index is 929. The van der Waals surface area contributed by atoms with E-state index in [1.54, 1.807) is 19.2 Å². The van der Waals surface area contributed by atoms with Gasteiger partial charge in [-0.3, -0.25) is 4.79 Å². The molecule has 3 rings (SSSR count). The molecule has 0 saturated heterocycles. The Morgan fingerprint density at radius 1 is 0.967 bits per heavy atom. The fourth-order valence-electron chi connectivity index (χ4n) is 2.67. The molecule has 0 saturated carbocycles. The number of pyridine rings is 1. The highest BCUT2D eigenvalue weighted by Gasteiger charge is 2.15. The molecule has 0 aliphatic carbocycles. The maximum atomic E-state index is 12.4. The first-order valence-electron chi connectivity index (χ1n) is 9.99. The van der Waals surface area contributed by atoms with Crippen LogP contribution in [-0.2, 0) is 11.3 Å². The van der Waals surface area contributed by atoms with Crippen molar-refractivity contribution in [2.45, 2.75) is 32.9 Å². The molecule has 0 spiro atoms. The summed E-state index contributed by atoms with van der Waals surface area (Å²) in [7, 11) is 0. The number of aromatic nitrogens is 1. The van der Waals surface area contributed by atoms with Gasteiger partial charge in [0.2, 0.25) is 5.88 Å². The summed E-state index contributed by atoms with van der Waals surface area (Å²) < 4.78 is 17.2. The summed E-state index contributed by atoms with van der Waals surface area (Å²) in [5.41, 5.74) is 0.768. The summed E-state index contributed by atoms with van der Waals surface area (Å²) in [5, 5.41) is 2.87. The van der Waals surface area contributed by atoms with Crippen LogP contribution in [0.25, 0.3) is 0 Å². The molecule has 1 aromatic heterocycles. The van der Waals surface area contributed by atoms with E-state index in [1.165, 1.54) is 0 Å². The quantitative estimate of drug-likeness (QED) is 0.526. The van der Waals surface area contributed by atoms with Crippen LogP contribution in [0.4, 0.5) is 0 Å². The van der Waals surface area contributed by atoms with Gasteiger partial charge in [-0.2, -0.15) is 0 Å². The largest absolute Gasteiger partial charge is 0.494 e. The molecule has 6 heteroatoms. The van der Waals surface area contributed by atoms with Crippen molar-refractivity contribution < 1.29 is 19.0 Å². The van der Waals surface area contributed by atoms with Gasteiger partial charge < -0.3 is 19.5 Å². The molecule has 0 bridgehead atoms. The SMILES string of the molecule is CCCOc1ccc(Oc2ncccc2CNC(=O)C(C)Oc2ccccc2)cc1. The maximum absolute atomic E-state index is 12.4. The van der Waals surface area contributed by atoms with Crippen LogP contribution in [0.5, 0.6) is 23.1 Å². The van der Waals surface area contributed by atoms with Gasteiger partial charge >= 0.3 is 0 Å². The minimum Gasteiger partial charge on any atom is -0.494 e. The monoisotopic (exact) mass is 406 g/mol. The van der Waals surface area contributed by atoms with Gasteiger partial charge in [-0.1, -0.05) is 31.2 Å². The van der Waals surface area contributed by atoms with Crippen molar-refractivity contribution in [1.29, 1.82) is 0 Å². The fraction of sp³-hybridized carbons (Fsp3) is 0.250. The normalized spacial score (nSPS) is 11.4. The molecular formula is C24H26N2O4. The number of benzene rings is 2. The second-order valence-electron chi connectivity index (χ2n) is 6.68. The molecule has 2 aromatic carbocycles. The Labute approximate surface area is 176 Å². The van der Waals surface area contributed by atoms with E-state index in [1.807, 2.05) is 60.7 Å². The van der Waals surface area contributed by atoms with Crippen LogP contribution in [0, 0.1) is 0 Å². The zero-order valence-corrected chi connectivity index (χ0v) is 17.2. The Morgan fingerprint density at radius 3 is 2.43 bits per heavy atom. The highest BCUT2D eigenvalue weighted by molar-refractivity contribution is 5.80. The van der Waals surface area contributed by atoms with E-state index >= 15 is 0 Å². The van der Waals surface area contributed by atoms with Gasteiger partial charge in [0.15, 0.2) is 6.10 Å². The van der Waals surface area contributed by atoms with E-state index in [9.17, 15) is 4.79 Å². The van der Waals surface area contributed by atoms with E-state index in [-0.39, 0.29) is 12.5 Å². The van der Waals surface area contributed by atoms with Crippen molar-refractivity contribution in [3.8, 4) is 23.1 Å². The van der Waals surface area contributed by atoms with Gasteiger partial charge in [-0.15, -0.1) is 0 Å². The van der Waals surface area contributed by atoms with Crippen molar-refractivity contribution in [3.63, 3.8) is 0 Å². The van der Waals surface area contributed by atoms with E-state index in [0.29, 0.717) is 24.0 Å². The van der Waals surface area contributed by atoms with Crippen molar-refractivity contribution in [3.05, 3.63) is 78.5 Å². The van der Waals surface area contributed by atoms with Gasteiger partial charge in [-0.25, -0.2) is 4.98 Å². The zero-order valence-electron chi connectivity index (χ0n) is 17.2. The molecule has 0 aliphatic rings. The number of nitrogens with one attached hydrogen (secondary N) is 1. The number of ether oxygens (including phenoxy) is 3. The third-order valence-corrected chi connectivity index (χ3v) is 4.24. The number of hydrogen-bond acceptors (Lipinski definition) is 5. The van der Waals surface area contributed by atoms with Gasteiger partial charge in [-0.05, 0) is 55.8 Å². The van der Waals surface area contributed by atoms with Crippen LogP contribution in [0.2, 0.25) is 0 Å². The van der Waals surface area contributed by atoms with Crippen LogP contribution >= 0.6 is 0 Å². The van der Waals surface area contributed by atoms with Crippen LogP contribution in [0.1, 0.15) is 25.8 Å². The number of para-hydroxylation sites is 1. The topological polar surface area (TPSA) is 69.7 Å². The molecule has 156 valence electrons. The summed E-state index contributed by atoms with van der Waals surface area (Å²) in [5.74, 6) is 2.32. The predicted molar refractivity (Wildman–Crippen MR) is 115 cm³/mol. The summed E-state index contributed by atoms with van der Waals surface area (Å²) in [6.07, 6.45) is 1.99. The van der Waals surface area contributed by atoms with Crippen LogP contribution < -0.4 is 19.5 Å². The molecule has 1 atom stereocenters. The molecule has 0 radical (unpaired) electrons. The smallest absolute Gasteiger partial charge is 0.261 e. The lowest BCUT2D eigenvalue weighted by Crippen LogP contribution is -2.36. The number of carbonyl (C=O) groups excluding carboxylic acids is 1. The fourth-order valence-corrected chi connectivity index (χ4v) is 2.67. The van der Waals surface area contributed by atoms with Crippen molar-refractivity contribution in [2.24, 2.45) is 0 Å². The second-order valence-corrected chi connectivity index (χ2v) is 6.68. The first kappa shape index (κ1) is 21.2. The molecular weight excluding hydrogens is 380 g/mol. The number of hydrogen-bond donors (Lipinski definition) is 1. The minimum absolute atomic E-state index is 0.217. The Kier molecular flexibility index (Phi) is 7.66. The summed E-state index contributed by atoms with van der Waals surface area (Å²) >= 11 is 0. The summed E-state index contributed by atoms with van der Waals surface area (Å²) in [6, 6.07) is 20.3. The Balaban J connectivity index is 1.57. The second kappa shape index (κ2) is 10.9. The number of carbonyl (C=O) groups is 1.